The standard InChI is InChI=1S/C34H34N4O2/c35-30-16-15-28(26-7-3-1-4-8-26)23-31(30)36-33(40)27-13-11-25(12-14-27)24-37-21-18-34(19-22-37)32(39)17-20-38(34)29-9-5-2-6-10-29/h1-16,23H,17-22,24,35H2,(H,36,40). The number of carbonyl (C=O) groups excluding carboxylic acids is 2. The summed E-state index contributed by atoms with van der Waals surface area (Å²) in [5.74, 6) is 0.186. The molecule has 2 fully saturated rings. The van der Waals surface area contributed by atoms with Gasteiger partial charge >= 0.3 is 0 Å². The first-order valence-corrected chi connectivity index (χ1v) is 14.0. The smallest absolute Gasteiger partial charge is 0.255 e. The number of Topliss-reactive ketones (excluding diaryl/α,β-unsaturated/α-hetero) is 1. The van der Waals surface area contributed by atoms with Crippen molar-refractivity contribution < 1.29 is 9.59 Å². The molecule has 2 aliphatic rings. The van der Waals surface area contributed by atoms with E-state index < -0.39 is 0 Å². The number of nitrogen functional groups attached to an aromatic ring is 1. The van der Waals surface area contributed by atoms with E-state index in [-0.39, 0.29) is 11.4 Å². The first kappa shape index (κ1) is 25.8. The molecule has 0 saturated carbocycles. The SMILES string of the molecule is Nc1ccc(-c2ccccc2)cc1NC(=O)c1ccc(CN2CCC3(CC2)C(=O)CCN3c2ccccc2)cc1. The Morgan fingerprint density at radius 1 is 0.800 bits per heavy atom. The second-order valence-electron chi connectivity index (χ2n) is 10.8. The molecule has 4 aromatic carbocycles. The average Bonchev–Trinajstić information content (AvgIpc) is 3.31. The van der Waals surface area contributed by atoms with E-state index in [2.05, 4.69) is 27.2 Å². The normalized spacial score (nSPS) is 16.8. The van der Waals surface area contributed by atoms with Crippen LogP contribution in [0.4, 0.5) is 17.1 Å². The van der Waals surface area contributed by atoms with Crippen molar-refractivity contribution in [1.29, 1.82) is 0 Å². The minimum absolute atomic E-state index is 0.191. The number of amides is 1. The lowest BCUT2D eigenvalue weighted by molar-refractivity contribution is -0.123. The quantitative estimate of drug-likeness (QED) is 0.299. The Balaban J connectivity index is 1.08. The maximum atomic E-state index is 13.0. The molecule has 0 unspecified atom stereocenters. The molecule has 40 heavy (non-hydrogen) atoms. The van der Waals surface area contributed by atoms with E-state index in [0.717, 1.165) is 61.4 Å². The molecule has 0 aliphatic carbocycles. The molecule has 6 rings (SSSR count). The number of hydrogen-bond acceptors (Lipinski definition) is 5. The number of para-hydroxylation sites is 1. The fraction of sp³-hybridized carbons (Fsp3) is 0.235. The third-order valence-corrected chi connectivity index (χ3v) is 8.38. The second-order valence-corrected chi connectivity index (χ2v) is 10.8. The molecule has 6 nitrogen and oxygen atoms in total. The number of anilines is 3. The summed E-state index contributed by atoms with van der Waals surface area (Å²) in [6.07, 6.45) is 2.30. The zero-order valence-corrected chi connectivity index (χ0v) is 22.6. The van der Waals surface area contributed by atoms with Crippen LogP contribution < -0.4 is 16.0 Å². The number of nitrogens with one attached hydrogen (secondary N) is 1. The van der Waals surface area contributed by atoms with E-state index in [1.807, 2.05) is 91.0 Å². The zero-order chi connectivity index (χ0) is 27.5. The Hall–Kier alpha value is -4.42. The molecule has 0 bridgehead atoms. The number of likely N-dealkylation sites (tertiary alicyclic amines) is 1. The largest absolute Gasteiger partial charge is 0.397 e. The van der Waals surface area contributed by atoms with Gasteiger partial charge < -0.3 is 16.0 Å². The van der Waals surface area contributed by atoms with Crippen LogP contribution in [-0.2, 0) is 11.3 Å². The van der Waals surface area contributed by atoms with Crippen molar-refractivity contribution in [2.24, 2.45) is 0 Å². The molecular weight excluding hydrogens is 496 g/mol. The maximum absolute atomic E-state index is 13.0. The van der Waals surface area contributed by atoms with Crippen LogP contribution in [0.2, 0.25) is 0 Å². The lowest BCUT2D eigenvalue weighted by Gasteiger charge is -2.44. The summed E-state index contributed by atoms with van der Waals surface area (Å²) < 4.78 is 0. The molecule has 2 saturated heterocycles. The predicted molar refractivity (Wildman–Crippen MR) is 161 cm³/mol. The summed E-state index contributed by atoms with van der Waals surface area (Å²) >= 11 is 0. The summed E-state index contributed by atoms with van der Waals surface area (Å²) in [6, 6.07) is 33.8. The minimum atomic E-state index is -0.376. The summed E-state index contributed by atoms with van der Waals surface area (Å²) in [5, 5.41) is 2.98. The van der Waals surface area contributed by atoms with Crippen LogP contribution >= 0.6 is 0 Å². The number of hydrogen-bond donors (Lipinski definition) is 2. The predicted octanol–water partition coefficient (Wildman–Crippen LogP) is 6.00. The van der Waals surface area contributed by atoms with Crippen molar-refractivity contribution in [3.8, 4) is 11.1 Å². The van der Waals surface area contributed by atoms with Crippen molar-refractivity contribution in [3.63, 3.8) is 0 Å². The van der Waals surface area contributed by atoms with E-state index >= 15 is 0 Å². The number of ketones is 1. The summed E-state index contributed by atoms with van der Waals surface area (Å²) in [7, 11) is 0. The molecule has 3 N–H and O–H groups in total. The van der Waals surface area contributed by atoms with Gasteiger partial charge in [-0.1, -0.05) is 66.7 Å². The van der Waals surface area contributed by atoms with E-state index in [0.29, 0.717) is 29.1 Å². The molecule has 2 heterocycles. The highest BCUT2D eigenvalue weighted by Crippen LogP contribution is 2.39. The van der Waals surface area contributed by atoms with Gasteiger partial charge in [0.05, 0.1) is 11.4 Å². The van der Waals surface area contributed by atoms with Crippen LogP contribution in [0.1, 0.15) is 35.2 Å². The Morgan fingerprint density at radius 3 is 2.17 bits per heavy atom. The molecule has 6 heteroatoms. The monoisotopic (exact) mass is 530 g/mol. The van der Waals surface area contributed by atoms with E-state index in [4.69, 9.17) is 5.73 Å². The average molecular weight is 531 g/mol. The number of piperidine rings is 1. The van der Waals surface area contributed by atoms with Crippen molar-refractivity contribution in [2.75, 3.05) is 35.6 Å². The third-order valence-electron chi connectivity index (χ3n) is 8.38. The van der Waals surface area contributed by atoms with Crippen LogP contribution in [0, 0.1) is 0 Å². The Labute approximate surface area is 235 Å². The van der Waals surface area contributed by atoms with Gasteiger partial charge in [-0.3, -0.25) is 14.5 Å². The lowest BCUT2D eigenvalue weighted by Crippen LogP contribution is -2.55. The molecule has 2 aliphatic heterocycles. The third kappa shape index (κ3) is 5.10. The number of benzene rings is 4. The molecular formula is C34H34N4O2. The van der Waals surface area contributed by atoms with Gasteiger partial charge in [0.2, 0.25) is 0 Å². The lowest BCUT2D eigenvalue weighted by atomic mass is 9.83. The van der Waals surface area contributed by atoms with Crippen LogP contribution in [-0.4, -0.2) is 41.8 Å². The molecule has 0 atom stereocenters. The van der Waals surface area contributed by atoms with Crippen LogP contribution in [0.25, 0.3) is 11.1 Å². The summed E-state index contributed by atoms with van der Waals surface area (Å²) in [6.45, 7) is 3.33. The highest BCUT2D eigenvalue weighted by Gasteiger charge is 2.49. The Morgan fingerprint density at radius 2 is 1.48 bits per heavy atom. The molecule has 1 amide bonds. The molecule has 0 radical (unpaired) electrons. The van der Waals surface area contributed by atoms with Gasteiger partial charge in [0.15, 0.2) is 5.78 Å². The van der Waals surface area contributed by atoms with Gasteiger partial charge in [-0.2, -0.15) is 0 Å². The topological polar surface area (TPSA) is 78.7 Å². The number of nitrogens with two attached hydrogens (primary N) is 1. The summed E-state index contributed by atoms with van der Waals surface area (Å²) in [5.41, 5.74) is 11.9. The van der Waals surface area contributed by atoms with Crippen molar-refractivity contribution in [2.45, 2.75) is 31.3 Å². The first-order valence-electron chi connectivity index (χ1n) is 14.0. The minimum Gasteiger partial charge on any atom is -0.397 e. The number of nitrogens with zero attached hydrogens (tertiary/aromatic N) is 2. The first-order chi connectivity index (χ1) is 19.5. The fourth-order valence-corrected chi connectivity index (χ4v) is 6.11. The van der Waals surface area contributed by atoms with Crippen molar-refractivity contribution in [3.05, 3.63) is 114 Å². The van der Waals surface area contributed by atoms with Crippen LogP contribution in [0.5, 0.6) is 0 Å². The molecule has 0 aromatic heterocycles. The van der Waals surface area contributed by atoms with Crippen LogP contribution in [0.15, 0.2) is 103 Å². The summed E-state index contributed by atoms with van der Waals surface area (Å²) in [4.78, 5) is 30.8. The van der Waals surface area contributed by atoms with E-state index in [1.54, 1.807) is 0 Å². The van der Waals surface area contributed by atoms with Crippen LogP contribution in [0.3, 0.4) is 0 Å². The highest BCUT2D eigenvalue weighted by molar-refractivity contribution is 6.06. The van der Waals surface area contributed by atoms with Gasteiger partial charge in [0, 0.05) is 43.9 Å². The van der Waals surface area contributed by atoms with Gasteiger partial charge in [-0.25, -0.2) is 0 Å². The maximum Gasteiger partial charge on any atom is 0.255 e. The van der Waals surface area contributed by atoms with Crippen molar-refractivity contribution >= 4 is 28.8 Å². The zero-order valence-electron chi connectivity index (χ0n) is 22.6. The molecule has 4 aromatic rings. The molecule has 202 valence electrons. The highest BCUT2D eigenvalue weighted by atomic mass is 16.1. The Bertz CT molecular complexity index is 1490. The second kappa shape index (κ2) is 11.0. The fourth-order valence-electron chi connectivity index (χ4n) is 6.11. The van der Waals surface area contributed by atoms with Gasteiger partial charge in [-0.05, 0) is 65.9 Å². The van der Waals surface area contributed by atoms with Gasteiger partial charge in [0.25, 0.3) is 5.91 Å². The van der Waals surface area contributed by atoms with Crippen molar-refractivity contribution in [1.82, 2.24) is 4.90 Å². The van der Waals surface area contributed by atoms with Gasteiger partial charge in [0.1, 0.15) is 5.54 Å². The number of rotatable bonds is 6. The van der Waals surface area contributed by atoms with E-state index in [9.17, 15) is 9.59 Å². The van der Waals surface area contributed by atoms with E-state index in [1.165, 1.54) is 0 Å². The van der Waals surface area contributed by atoms with Gasteiger partial charge in [-0.15, -0.1) is 0 Å². The Kier molecular flexibility index (Phi) is 7.10. The molecule has 1 spiro atoms. The number of carbonyl (C=O) groups is 2.